The number of amides is 2. The van der Waals surface area contributed by atoms with Crippen molar-refractivity contribution in [2.24, 2.45) is 11.8 Å². The van der Waals surface area contributed by atoms with E-state index in [4.69, 9.17) is 35.3 Å². The molecule has 4 bridgehead atoms. The summed E-state index contributed by atoms with van der Waals surface area (Å²) >= 11 is 6.68. The lowest BCUT2D eigenvalue weighted by Gasteiger charge is -2.42. The molecule has 2 N–H and O–H groups in total. The Labute approximate surface area is 263 Å². The molecule has 242 valence electrons. The van der Waals surface area contributed by atoms with Gasteiger partial charge in [0.1, 0.15) is 34.7 Å². The molecule has 11 nitrogen and oxygen atoms in total. The minimum atomic E-state index is -1.77. The van der Waals surface area contributed by atoms with E-state index in [-0.39, 0.29) is 23.8 Å². The fourth-order valence-corrected chi connectivity index (χ4v) is 6.19. The second kappa shape index (κ2) is 13.1. The van der Waals surface area contributed by atoms with Crippen molar-refractivity contribution in [3.8, 4) is 5.75 Å². The number of aliphatic hydroxyl groups is 1. The lowest BCUT2D eigenvalue weighted by molar-refractivity contribution is -0.157. The molecule has 0 aromatic heterocycles. The van der Waals surface area contributed by atoms with Gasteiger partial charge in [0.15, 0.2) is 5.72 Å². The minimum Gasteiger partial charge on any atom is -0.495 e. The summed E-state index contributed by atoms with van der Waals surface area (Å²) in [6, 6.07) is 3.63. The molecule has 3 aliphatic rings. The van der Waals surface area contributed by atoms with Crippen LogP contribution in [0, 0.1) is 11.8 Å². The Morgan fingerprint density at radius 2 is 1.95 bits per heavy atom. The fourth-order valence-electron chi connectivity index (χ4n) is 5.88. The van der Waals surface area contributed by atoms with Crippen molar-refractivity contribution in [1.29, 1.82) is 0 Å². The quantitative estimate of drug-likeness (QED) is 0.366. The first-order valence-electron chi connectivity index (χ1n) is 14.7. The average Bonchev–Trinajstić information content (AvgIpc) is 3.66. The van der Waals surface area contributed by atoms with Gasteiger partial charge in [-0.2, -0.15) is 0 Å². The van der Waals surface area contributed by atoms with E-state index in [1.165, 1.54) is 19.1 Å². The van der Waals surface area contributed by atoms with Gasteiger partial charge in [0.25, 0.3) is 0 Å². The number of carbonyl (C=O) groups excluding carboxylic acids is 3. The predicted molar refractivity (Wildman–Crippen MR) is 164 cm³/mol. The first kappa shape index (κ1) is 33.8. The Kier molecular flexibility index (Phi) is 10.0. The van der Waals surface area contributed by atoms with E-state index >= 15 is 0 Å². The summed E-state index contributed by atoms with van der Waals surface area (Å²) in [5.74, 6) is -1.30. The number of carbonyl (C=O) groups is 3. The Hall–Kier alpha value is -3.12. The summed E-state index contributed by atoms with van der Waals surface area (Å²) in [7, 11) is 4.56. The summed E-state index contributed by atoms with van der Waals surface area (Å²) in [4.78, 5) is 40.7. The monoisotopic (exact) mass is 634 g/mol. The number of hydrogen-bond donors (Lipinski definition) is 2. The van der Waals surface area contributed by atoms with Crippen LogP contribution in [0.5, 0.6) is 5.75 Å². The van der Waals surface area contributed by atoms with E-state index in [0.717, 1.165) is 11.1 Å². The minimum absolute atomic E-state index is 0.00361. The molecule has 1 aromatic rings. The summed E-state index contributed by atoms with van der Waals surface area (Å²) in [5.41, 5.74) is -0.587. The molecule has 2 amide bonds. The molecular weight excluding hydrogens is 592 g/mol. The van der Waals surface area contributed by atoms with Crippen LogP contribution in [0.1, 0.15) is 53.0 Å². The number of methoxy groups -OCH3 is 2. The molecule has 12 heteroatoms. The molecule has 3 heterocycles. The number of hydrogen-bond acceptors (Lipinski definition) is 9. The van der Waals surface area contributed by atoms with Gasteiger partial charge in [0, 0.05) is 26.5 Å². The molecule has 0 unspecified atom stereocenters. The maximum atomic E-state index is 13.8. The number of fused-ring (bicyclic) bond motifs is 5. The number of ether oxygens (including phenoxy) is 5. The van der Waals surface area contributed by atoms with Gasteiger partial charge in [-0.3, -0.25) is 14.9 Å². The third kappa shape index (κ3) is 6.91. The van der Waals surface area contributed by atoms with Gasteiger partial charge in [-0.05, 0) is 38.0 Å². The van der Waals surface area contributed by atoms with Crippen LogP contribution in [0.3, 0.4) is 0 Å². The highest BCUT2D eigenvalue weighted by molar-refractivity contribution is 6.35. The highest BCUT2D eigenvalue weighted by Crippen LogP contribution is 2.49. The smallest absolute Gasteiger partial charge is 0.409 e. The molecule has 0 aliphatic carbocycles. The van der Waals surface area contributed by atoms with Crippen LogP contribution in [-0.4, -0.2) is 80.1 Å². The van der Waals surface area contributed by atoms with Crippen LogP contribution in [-0.2, 0) is 35.0 Å². The van der Waals surface area contributed by atoms with Crippen molar-refractivity contribution < 1.29 is 43.2 Å². The first-order valence-corrected chi connectivity index (χ1v) is 15.1. The van der Waals surface area contributed by atoms with Gasteiger partial charge < -0.3 is 33.7 Å². The van der Waals surface area contributed by atoms with Crippen molar-refractivity contribution in [1.82, 2.24) is 5.32 Å². The maximum Gasteiger partial charge on any atom is 0.409 e. The van der Waals surface area contributed by atoms with Crippen molar-refractivity contribution in [3.63, 3.8) is 0 Å². The topological polar surface area (TPSA) is 136 Å². The number of epoxide rings is 1. The first-order chi connectivity index (χ1) is 20.6. The lowest BCUT2D eigenvalue weighted by atomic mass is 9.83. The largest absolute Gasteiger partial charge is 0.495 e. The van der Waals surface area contributed by atoms with Crippen LogP contribution < -0.4 is 15.0 Å². The summed E-state index contributed by atoms with van der Waals surface area (Å²) in [5, 5.41) is 14.4. The average molecular weight is 635 g/mol. The zero-order valence-electron chi connectivity index (χ0n) is 26.5. The third-order valence-corrected chi connectivity index (χ3v) is 9.06. The Bertz CT molecular complexity index is 1350. The Balaban J connectivity index is 1.80. The van der Waals surface area contributed by atoms with Gasteiger partial charge in [0.05, 0.1) is 31.2 Å². The normalized spacial score (nSPS) is 32.8. The van der Waals surface area contributed by atoms with Gasteiger partial charge >= 0.3 is 12.1 Å². The number of nitrogens with one attached hydrogen (secondary N) is 1. The van der Waals surface area contributed by atoms with Crippen molar-refractivity contribution in [2.45, 2.75) is 89.6 Å². The van der Waals surface area contributed by atoms with Crippen LogP contribution in [0.4, 0.5) is 10.5 Å². The van der Waals surface area contributed by atoms with Crippen LogP contribution in [0.2, 0.25) is 5.02 Å². The molecule has 0 radical (unpaired) electrons. The molecule has 7 atom stereocenters. The van der Waals surface area contributed by atoms with E-state index in [1.54, 1.807) is 40.0 Å². The lowest BCUT2D eigenvalue weighted by Crippen LogP contribution is -2.63. The molecule has 1 aromatic carbocycles. The van der Waals surface area contributed by atoms with E-state index in [2.05, 4.69) is 5.32 Å². The maximum absolute atomic E-state index is 13.8. The fraction of sp³-hybridized carbons (Fsp3) is 0.594. The van der Waals surface area contributed by atoms with Crippen LogP contribution in [0.25, 0.3) is 0 Å². The molecule has 44 heavy (non-hydrogen) atoms. The Morgan fingerprint density at radius 3 is 2.59 bits per heavy atom. The number of allylic oxidation sites excluding steroid dienone is 3. The van der Waals surface area contributed by atoms with Gasteiger partial charge in [0.2, 0.25) is 5.91 Å². The molecule has 4 rings (SSSR count). The van der Waals surface area contributed by atoms with Crippen LogP contribution in [0.15, 0.2) is 35.9 Å². The van der Waals surface area contributed by atoms with Crippen molar-refractivity contribution >= 4 is 35.3 Å². The number of alkyl carbamates (subject to hydrolysis) is 1. The third-order valence-electron chi connectivity index (χ3n) is 8.68. The molecule has 0 saturated carbocycles. The number of nitrogens with zero attached hydrogens (tertiary/aromatic N) is 1. The molecule has 2 saturated heterocycles. The van der Waals surface area contributed by atoms with E-state index in [9.17, 15) is 19.5 Å². The molecular formula is C32H43ClN2O9. The van der Waals surface area contributed by atoms with E-state index < -0.39 is 59.6 Å². The Morgan fingerprint density at radius 1 is 1.25 bits per heavy atom. The number of benzene rings is 1. The van der Waals surface area contributed by atoms with Gasteiger partial charge in [-0.15, -0.1) is 0 Å². The zero-order chi connectivity index (χ0) is 32.6. The summed E-state index contributed by atoms with van der Waals surface area (Å²) < 4.78 is 28.8. The van der Waals surface area contributed by atoms with Crippen molar-refractivity contribution in [2.75, 3.05) is 26.2 Å². The van der Waals surface area contributed by atoms with Crippen molar-refractivity contribution in [3.05, 3.63) is 46.5 Å². The summed E-state index contributed by atoms with van der Waals surface area (Å²) in [6.07, 6.45) is 1.65. The zero-order valence-corrected chi connectivity index (χ0v) is 27.3. The number of halogens is 1. The predicted octanol–water partition coefficient (Wildman–Crippen LogP) is 4.32. The number of rotatable bonds is 4. The standard InChI is InChI=1S/C32H43ClN2O9/c1-17(2)29(37)43-25-15-26(36)35(6)21-13-20(14-22(40-7)27(21)33)12-18(3)10-9-11-24(41-8)32(39)16-23(42-30(38)34-32)19(4)28-31(25,5)44-28/h9-11,13-14,17,19,23-25,28,39H,12,15-16H2,1-8H3,(H,34,38)/t19-,23+,24-,25+,28+,31-,32+/m1/s1. The number of esters is 1. The SMILES string of the molecule is COc1cc2cc(c1Cl)N(C)C(=O)C[C@H](OC(=O)C(C)C)[C@@]1(C)O[C@H]1[C@H](C)[C@@H]1C[C@@](O)(NC(=O)O1)[C@H](OC)C=CC=C(C)C2. The molecule has 0 spiro atoms. The second-order valence-corrected chi connectivity index (χ2v) is 12.8. The number of anilines is 1. The van der Waals surface area contributed by atoms with E-state index in [0.29, 0.717) is 17.9 Å². The highest BCUT2D eigenvalue weighted by atomic mass is 35.5. The second-order valence-electron chi connectivity index (χ2n) is 12.4. The van der Waals surface area contributed by atoms with E-state index in [1.807, 2.05) is 32.1 Å². The summed E-state index contributed by atoms with van der Waals surface area (Å²) in [6.45, 7) is 8.95. The molecule has 2 fully saturated rings. The molecule has 3 aliphatic heterocycles. The van der Waals surface area contributed by atoms with Gasteiger partial charge in [-0.1, -0.05) is 56.2 Å². The highest BCUT2D eigenvalue weighted by Gasteiger charge is 2.64. The van der Waals surface area contributed by atoms with Crippen LogP contribution >= 0.6 is 11.6 Å². The van der Waals surface area contributed by atoms with Gasteiger partial charge in [-0.25, -0.2) is 4.79 Å².